The lowest BCUT2D eigenvalue weighted by Gasteiger charge is -2.15. The number of nitrogens with one attached hydrogen (secondary N) is 1. The molecule has 0 aliphatic heterocycles. The van der Waals surface area contributed by atoms with Gasteiger partial charge in [0.1, 0.15) is 5.75 Å². The molecule has 0 saturated heterocycles. The third-order valence-corrected chi connectivity index (χ3v) is 3.73. The minimum absolute atomic E-state index is 0.0718. The Morgan fingerprint density at radius 1 is 1.21 bits per heavy atom. The highest BCUT2D eigenvalue weighted by molar-refractivity contribution is 6.30. The fourth-order valence-corrected chi connectivity index (χ4v) is 2.52. The molecule has 0 heterocycles. The second-order valence-corrected chi connectivity index (χ2v) is 5.81. The highest BCUT2D eigenvalue weighted by Crippen LogP contribution is 2.21. The maximum absolute atomic E-state index is 12.3. The second kappa shape index (κ2) is 8.64. The molecule has 6 heteroatoms. The summed E-state index contributed by atoms with van der Waals surface area (Å²) < 4.78 is 28.9. The first kappa shape index (κ1) is 18.2. The molecular formula is C18H18ClF2NO2. The van der Waals surface area contributed by atoms with Crippen molar-refractivity contribution in [2.75, 3.05) is 0 Å². The zero-order valence-electron chi connectivity index (χ0n) is 13.1. The van der Waals surface area contributed by atoms with Gasteiger partial charge in [0, 0.05) is 11.4 Å². The molecule has 0 saturated carbocycles. The number of ether oxygens (including phenoxy) is 1. The van der Waals surface area contributed by atoms with E-state index >= 15 is 0 Å². The van der Waals surface area contributed by atoms with Crippen molar-refractivity contribution < 1.29 is 18.3 Å². The molecule has 2 rings (SSSR count). The average molecular weight is 354 g/mol. The standard InChI is InChI=1S/C18H18ClF2NO2/c1-12(14-5-3-7-16(11-14)24-18(20)21)22-17(23)9-8-13-4-2-6-15(19)10-13/h2-7,10-12,18H,8-9H2,1H3,(H,22,23). The topological polar surface area (TPSA) is 38.3 Å². The lowest BCUT2D eigenvalue weighted by Crippen LogP contribution is -2.26. The molecule has 0 radical (unpaired) electrons. The SMILES string of the molecule is CC(NC(=O)CCc1cccc(Cl)c1)c1cccc(OC(F)F)c1. The summed E-state index contributed by atoms with van der Waals surface area (Å²) >= 11 is 5.91. The molecule has 1 N–H and O–H groups in total. The molecule has 0 aliphatic carbocycles. The monoisotopic (exact) mass is 353 g/mol. The normalized spacial score (nSPS) is 12.0. The van der Waals surface area contributed by atoms with Crippen molar-refractivity contribution in [3.8, 4) is 5.75 Å². The maximum Gasteiger partial charge on any atom is 0.387 e. The van der Waals surface area contributed by atoms with Crippen LogP contribution in [-0.4, -0.2) is 12.5 Å². The Hall–Kier alpha value is -2.14. The predicted molar refractivity (Wildman–Crippen MR) is 89.4 cm³/mol. The van der Waals surface area contributed by atoms with Crippen LogP contribution < -0.4 is 10.1 Å². The van der Waals surface area contributed by atoms with Crippen LogP contribution in [0.2, 0.25) is 5.02 Å². The third-order valence-electron chi connectivity index (χ3n) is 3.49. The van der Waals surface area contributed by atoms with Crippen molar-refractivity contribution in [3.05, 3.63) is 64.7 Å². The van der Waals surface area contributed by atoms with Gasteiger partial charge < -0.3 is 10.1 Å². The molecule has 0 spiro atoms. The molecule has 0 fully saturated rings. The number of amides is 1. The van der Waals surface area contributed by atoms with Crippen molar-refractivity contribution in [2.24, 2.45) is 0 Å². The van der Waals surface area contributed by atoms with E-state index in [1.165, 1.54) is 12.1 Å². The summed E-state index contributed by atoms with van der Waals surface area (Å²) in [6.07, 6.45) is 0.894. The summed E-state index contributed by atoms with van der Waals surface area (Å²) in [4.78, 5) is 12.1. The Morgan fingerprint density at radius 3 is 2.67 bits per heavy atom. The van der Waals surface area contributed by atoms with Gasteiger partial charge in [0.05, 0.1) is 6.04 Å². The van der Waals surface area contributed by atoms with Crippen LogP contribution in [0, 0.1) is 0 Å². The van der Waals surface area contributed by atoms with Crippen LogP contribution in [0.1, 0.15) is 30.5 Å². The summed E-state index contributed by atoms with van der Waals surface area (Å²) in [6.45, 7) is -1.08. The van der Waals surface area contributed by atoms with Crippen LogP contribution in [-0.2, 0) is 11.2 Å². The summed E-state index contributed by atoms with van der Waals surface area (Å²) in [6, 6.07) is 13.4. The van der Waals surface area contributed by atoms with E-state index in [4.69, 9.17) is 11.6 Å². The van der Waals surface area contributed by atoms with Gasteiger partial charge in [-0.15, -0.1) is 0 Å². The number of benzene rings is 2. The van der Waals surface area contributed by atoms with Crippen molar-refractivity contribution >= 4 is 17.5 Å². The van der Waals surface area contributed by atoms with E-state index in [0.29, 0.717) is 23.4 Å². The Kier molecular flexibility index (Phi) is 6.55. The first-order valence-electron chi connectivity index (χ1n) is 7.52. The average Bonchev–Trinajstić information content (AvgIpc) is 2.52. The van der Waals surface area contributed by atoms with E-state index in [1.54, 1.807) is 25.1 Å². The van der Waals surface area contributed by atoms with Gasteiger partial charge in [-0.05, 0) is 48.7 Å². The Morgan fingerprint density at radius 2 is 1.96 bits per heavy atom. The molecule has 0 aliphatic rings. The van der Waals surface area contributed by atoms with Crippen molar-refractivity contribution in [1.82, 2.24) is 5.32 Å². The molecule has 0 bridgehead atoms. The zero-order valence-corrected chi connectivity index (χ0v) is 13.9. The summed E-state index contributed by atoms with van der Waals surface area (Å²) in [5.74, 6) is -0.0508. The number of hydrogen-bond acceptors (Lipinski definition) is 2. The first-order valence-corrected chi connectivity index (χ1v) is 7.90. The van der Waals surface area contributed by atoms with Gasteiger partial charge in [-0.25, -0.2) is 0 Å². The molecule has 3 nitrogen and oxygen atoms in total. The molecule has 2 aromatic rings. The van der Waals surface area contributed by atoms with Gasteiger partial charge in [0.2, 0.25) is 5.91 Å². The van der Waals surface area contributed by atoms with E-state index in [0.717, 1.165) is 5.56 Å². The van der Waals surface area contributed by atoms with Crippen LogP contribution in [0.15, 0.2) is 48.5 Å². The van der Waals surface area contributed by atoms with Crippen LogP contribution >= 0.6 is 11.6 Å². The first-order chi connectivity index (χ1) is 11.4. The second-order valence-electron chi connectivity index (χ2n) is 5.37. The molecular weight excluding hydrogens is 336 g/mol. The quantitative estimate of drug-likeness (QED) is 0.780. The van der Waals surface area contributed by atoms with Crippen LogP contribution in [0.5, 0.6) is 5.75 Å². The van der Waals surface area contributed by atoms with Crippen LogP contribution in [0.3, 0.4) is 0 Å². The number of hydrogen-bond donors (Lipinski definition) is 1. The van der Waals surface area contributed by atoms with Crippen LogP contribution in [0.4, 0.5) is 8.78 Å². The Bertz CT molecular complexity index is 694. The van der Waals surface area contributed by atoms with Gasteiger partial charge >= 0.3 is 6.61 Å². The molecule has 1 unspecified atom stereocenters. The smallest absolute Gasteiger partial charge is 0.387 e. The lowest BCUT2D eigenvalue weighted by molar-refractivity contribution is -0.121. The van der Waals surface area contributed by atoms with Gasteiger partial charge in [-0.2, -0.15) is 8.78 Å². The number of carbonyl (C=O) groups excluding carboxylic acids is 1. The zero-order chi connectivity index (χ0) is 17.5. The number of halogens is 3. The highest BCUT2D eigenvalue weighted by atomic mass is 35.5. The van der Waals surface area contributed by atoms with Gasteiger partial charge in [-0.3, -0.25) is 4.79 Å². The van der Waals surface area contributed by atoms with Crippen molar-refractivity contribution in [3.63, 3.8) is 0 Å². The molecule has 2 aromatic carbocycles. The summed E-state index contributed by atoms with van der Waals surface area (Å²) in [7, 11) is 0. The largest absolute Gasteiger partial charge is 0.435 e. The van der Waals surface area contributed by atoms with Gasteiger partial charge in [-0.1, -0.05) is 35.9 Å². The van der Waals surface area contributed by atoms with E-state index < -0.39 is 6.61 Å². The number of alkyl halides is 2. The fraction of sp³-hybridized carbons (Fsp3) is 0.278. The third kappa shape index (κ3) is 5.81. The summed E-state index contributed by atoms with van der Waals surface area (Å²) in [5.41, 5.74) is 1.68. The number of aryl methyl sites for hydroxylation is 1. The van der Waals surface area contributed by atoms with E-state index in [2.05, 4.69) is 10.1 Å². The lowest BCUT2D eigenvalue weighted by atomic mass is 10.1. The highest BCUT2D eigenvalue weighted by Gasteiger charge is 2.12. The molecule has 0 aromatic heterocycles. The number of rotatable bonds is 7. The van der Waals surface area contributed by atoms with Crippen LogP contribution in [0.25, 0.3) is 0 Å². The maximum atomic E-state index is 12.3. The van der Waals surface area contributed by atoms with Crippen molar-refractivity contribution in [2.45, 2.75) is 32.4 Å². The predicted octanol–water partition coefficient (Wildman–Crippen LogP) is 4.75. The van der Waals surface area contributed by atoms with E-state index in [9.17, 15) is 13.6 Å². The number of carbonyl (C=O) groups is 1. The molecule has 24 heavy (non-hydrogen) atoms. The summed E-state index contributed by atoms with van der Waals surface area (Å²) in [5, 5.41) is 3.48. The minimum atomic E-state index is -2.87. The Labute approximate surface area is 144 Å². The molecule has 128 valence electrons. The molecule has 1 atom stereocenters. The van der Waals surface area contributed by atoms with E-state index in [1.807, 2.05) is 18.2 Å². The molecule has 1 amide bonds. The minimum Gasteiger partial charge on any atom is -0.435 e. The van der Waals surface area contributed by atoms with Gasteiger partial charge in [0.25, 0.3) is 0 Å². The fourth-order valence-electron chi connectivity index (χ4n) is 2.31. The van der Waals surface area contributed by atoms with E-state index in [-0.39, 0.29) is 17.7 Å². The van der Waals surface area contributed by atoms with Gasteiger partial charge in [0.15, 0.2) is 0 Å². The van der Waals surface area contributed by atoms with Crippen molar-refractivity contribution in [1.29, 1.82) is 0 Å². The Balaban J connectivity index is 1.89.